The fraction of sp³-hybridized carbons (Fsp3) is 0.267. The second-order valence-electron chi connectivity index (χ2n) is 10.6. The second kappa shape index (κ2) is 10.3. The van der Waals surface area contributed by atoms with Gasteiger partial charge in [0.05, 0.1) is 19.6 Å². The number of hydrogen-bond acceptors (Lipinski definition) is 4. The molecule has 2 amide bonds. The zero-order chi connectivity index (χ0) is 29.6. The predicted molar refractivity (Wildman–Crippen MR) is 148 cm³/mol. The molecule has 6 rings (SSSR count). The number of nitrogens with one attached hydrogen (secondary N) is 4. The first-order chi connectivity index (χ1) is 20.1. The fourth-order valence-corrected chi connectivity index (χ4v) is 5.66. The lowest BCUT2D eigenvalue weighted by atomic mass is 10.0. The van der Waals surface area contributed by atoms with Crippen molar-refractivity contribution in [3.05, 3.63) is 89.4 Å². The van der Waals surface area contributed by atoms with Crippen molar-refractivity contribution in [2.24, 2.45) is 0 Å². The van der Waals surface area contributed by atoms with E-state index < -0.39 is 55.6 Å². The molecule has 216 valence electrons. The van der Waals surface area contributed by atoms with E-state index in [-0.39, 0.29) is 29.1 Å². The number of carbonyl (C=O) groups is 2. The Hall–Kier alpha value is -4.74. The maximum absolute atomic E-state index is 15.1. The number of fused-ring (bicyclic) bond motifs is 4. The van der Waals surface area contributed by atoms with Gasteiger partial charge in [-0.3, -0.25) is 20.0 Å². The molecule has 42 heavy (non-hydrogen) atoms. The van der Waals surface area contributed by atoms with E-state index >= 15 is 4.39 Å². The molecule has 1 saturated heterocycles. The topological polar surface area (TPSA) is 114 Å². The third-order valence-corrected chi connectivity index (χ3v) is 7.80. The summed E-state index contributed by atoms with van der Waals surface area (Å²) >= 11 is 0. The number of carbonyl (C=O) groups excluding carboxylic acids is 2. The number of benzene rings is 2. The SMILES string of the molecule is N=C(NCC(=O)N1C[C@@](F)(CF)C[C@H]1C(=O)NCc1cc2cnccc2[nH]1)c1ccc2c(c1)-c1ccccc1C2(F)F. The second-order valence-corrected chi connectivity index (χ2v) is 10.6. The summed E-state index contributed by atoms with van der Waals surface area (Å²) in [5, 5.41) is 14.6. The number of aromatic nitrogens is 2. The van der Waals surface area contributed by atoms with Crippen molar-refractivity contribution < 1.29 is 27.2 Å². The van der Waals surface area contributed by atoms with Gasteiger partial charge in [-0.05, 0) is 29.3 Å². The first-order valence-corrected chi connectivity index (χ1v) is 13.3. The molecule has 0 spiro atoms. The van der Waals surface area contributed by atoms with Gasteiger partial charge >= 0.3 is 0 Å². The lowest BCUT2D eigenvalue weighted by Crippen LogP contribution is -2.49. The highest BCUT2D eigenvalue weighted by atomic mass is 19.3. The number of amidine groups is 1. The number of amides is 2. The molecule has 1 aliphatic carbocycles. The lowest BCUT2D eigenvalue weighted by Gasteiger charge is -2.24. The molecule has 2 aromatic heterocycles. The summed E-state index contributed by atoms with van der Waals surface area (Å²) in [6, 6.07) is 12.5. The van der Waals surface area contributed by atoms with Crippen molar-refractivity contribution in [2.75, 3.05) is 19.8 Å². The summed E-state index contributed by atoms with van der Waals surface area (Å²) in [5.74, 6) is -4.73. The van der Waals surface area contributed by atoms with Crippen LogP contribution < -0.4 is 10.6 Å². The van der Waals surface area contributed by atoms with Crippen LogP contribution in [0.15, 0.2) is 67.0 Å². The molecule has 0 radical (unpaired) electrons. The zero-order valence-corrected chi connectivity index (χ0v) is 22.2. The van der Waals surface area contributed by atoms with Gasteiger partial charge in [-0.15, -0.1) is 0 Å². The number of halogens is 4. The number of hydrogen-bond donors (Lipinski definition) is 4. The summed E-state index contributed by atoms with van der Waals surface area (Å²) in [4.78, 5) is 34.3. The average molecular weight is 579 g/mol. The number of nitrogens with zero attached hydrogens (tertiary/aromatic N) is 2. The van der Waals surface area contributed by atoms with Gasteiger partial charge in [0.15, 0.2) is 5.67 Å². The first kappa shape index (κ1) is 27.4. The van der Waals surface area contributed by atoms with Crippen molar-refractivity contribution >= 4 is 28.6 Å². The van der Waals surface area contributed by atoms with Crippen molar-refractivity contribution in [3.8, 4) is 11.1 Å². The van der Waals surface area contributed by atoms with Crippen molar-refractivity contribution in [3.63, 3.8) is 0 Å². The number of rotatable bonds is 7. The molecule has 1 aliphatic heterocycles. The molecule has 2 aliphatic rings. The number of aromatic amines is 1. The number of pyridine rings is 1. The van der Waals surface area contributed by atoms with Gasteiger partial charge in [-0.2, -0.15) is 8.78 Å². The Labute approximate surface area is 237 Å². The van der Waals surface area contributed by atoms with E-state index in [4.69, 9.17) is 5.41 Å². The Morgan fingerprint density at radius 1 is 1.05 bits per heavy atom. The molecule has 12 heteroatoms. The van der Waals surface area contributed by atoms with Crippen molar-refractivity contribution in [1.82, 2.24) is 25.5 Å². The molecule has 4 aromatic rings. The van der Waals surface area contributed by atoms with Crippen LogP contribution in [0.1, 0.15) is 28.8 Å². The van der Waals surface area contributed by atoms with Crippen LogP contribution >= 0.6 is 0 Å². The molecule has 3 heterocycles. The highest BCUT2D eigenvalue weighted by molar-refractivity contribution is 6.00. The molecular weight excluding hydrogens is 552 g/mol. The zero-order valence-electron chi connectivity index (χ0n) is 22.2. The van der Waals surface area contributed by atoms with Crippen molar-refractivity contribution in [1.29, 1.82) is 5.41 Å². The van der Waals surface area contributed by atoms with Crippen LogP contribution in [0.25, 0.3) is 22.0 Å². The third-order valence-electron chi connectivity index (χ3n) is 7.80. The summed E-state index contributed by atoms with van der Waals surface area (Å²) in [6.45, 7) is -2.38. The molecule has 2 atom stereocenters. The van der Waals surface area contributed by atoms with Crippen LogP contribution in [0.2, 0.25) is 0 Å². The van der Waals surface area contributed by atoms with Crippen LogP contribution in [0.4, 0.5) is 17.6 Å². The van der Waals surface area contributed by atoms with E-state index in [9.17, 15) is 22.8 Å². The fourth-order valence-electron chi connectivity index (χ4n) is 5.66. The van der Waals surface area contributed by atoms with Gasteiger partial charge in [-0.1, -0.05) is 36.4 Å². The molecule has 8 nitrogen and oxygen atoms in total. The van der Waals surface area contributed by atoms with Gasteiger partial charge in [-0.25, -0.2) is 8.78 Å². The predicted octanol–water partition coefficient (Wildman–Crippen LogP) is 4.19. The minimum atomic E-state index is -3.16. The molecule has 0 saturated carbocycles. The van der Waals surface area contributed by atoms with E-state index in [1.165, 1.54) is 30.3 Å². The highest BCUT2D eigenvalue weighted by Crippen LogP contribution is 2.50. The Bertz CT molecular complexity index is 1690. The quantitative estimate of drug-likeness (QED) is 0.150. The largest absolute Gasteiger partial charge is 0.361 e. The van der Waals surface area contributed by atoms with E-state index in [0.29, 0.717) is 16.8 Å². The van der Waals surface area contributed by atoms with E-state index in [1.807, 2.05) is 0 Å². The normalized spacial score (nSPS) is 20.3. The molecular formula is C30H26F4N6O2. The maximum Gasteiger partial charge on any atom is 0.299 e. The highest BCUT2D eigenvalue weighted by Gasteiger charge is 2.49. The van der Waals surface area contributed by atoms with Crippen molar-refractivity contribution in [2.45, 2.75) is 30.6 Å². The summed E-state index contributed by atoms with van der Waals surface area (Å²) < 4.78 is 58.4. The Kier molecular flexibility index (Phi) is 6.71. The lowest BCUT2D eigenvalue weighted by molar-refractivity contribution is -0.137. The third kappa shape index (κ3) is 4.76. The van der Waals surface area contributed by atoms with E-state index in [1.54, 1.807) is 36.7 Å². The van der Waals surface area contributed by atoms with Crippen LogP contribution in [0.3, 0.4) is 0 Å². The summed E-state index contributed by atoms with van der Waals surface area (Å²) in [5.41, 5.74) is -0.252. The van der Waals surface area contributed by atoms with Crippen LogP contribution in [0, 0.1) is 5.41 Å². The molecule has 2 aromatic carbocycles. The van der Waals surface area contributed by atoms with Gasteiger partial charge in [0.1, 0.15) is 18.6 Å². The number of alkyl halides is 4. The van der Waals surface area contributed by atoms with Crippen LogP contribution in [-0.4, -0.2) is 64.0 Å². The number of likely N-dealkylation sites (tertiary alicyclic amines) is 1. The van der Waals surface area contributed by atoms with Gasteiger partial charge in [0, 0.05) is 52.1 Å². The number of H-pyrrole nitrogens is 1. The maximum atomic E-state index is 15.1. The van der Waals surface area contributed by atoms with Gasteiger partial charge in [0.2, 0.25) is 11.8 Å². The smallest absolute Gasteiger partial charge is 0.299 e. The molecule has 0 unspecified atom stereocenters. The summed E-state index contributed by atoms with van der Waals surface area (Å²) in [6.07, 6.45) is 2.78. The Morgan fingerprint density at radius 3 is 2.62 bits per heavy atom. The van der Waals surface area contributed by atoms with E-state index in [0.717, 1.165) is 15.8 Å². The minimum Gasteiger partial charge on any atom is -0.361 e. The van der Waals surface area contributed by atoms with Gasteiger partial charge in [0.25, 0.3) is 5.92 Å². The Morgan fingerprint density at radius 2 is 1.83 bits per heavy atom. The monoisotopic (exact) mass is 578 g/mol. The Balaban J connectivity index is 1.13. The first-order valence-electron chi connectivity index (χ1n) is 13.3. The minimum absolute atomic E-state index is 0.0738. The molecule has 1 fully saturated rings. The standard InChI is InChI=1S/C30H26F4N6O2/c31-15-29(32)11-25(28(42)38-13-19-9-18-12-36-8-7-24(18)39-19)40(16-29)26(41)14-37-27(35)17-5-6-23-21(10-17)20-3-1-2-4-22(20)30(23,33)34/h1-10,12,25,39H,11,13-16H2,(H2,35,37)(H,38,42)/t25-,29-/m0/s1. The van der Waals surface area contributed by atoms with Crippen LogP contribution in [-0.2, 0) is 22.1 Å². The molecule has 0 bridgehead atoms. The summed E-state index contributed by atoms with van der Waals surface area (Å²) in [7, 11) is 0. The van der Waals surface area contributed by atoms with Crippen LogP contribution in [0.5, 0.6) is 0 Å². The molecule has 4 N–H and O–H groups in total. The average Bonchev–Trinajstić information content (AvgIpc) is 3.65. The van der Waals surface area contributed by atoms with E-state index in [2.05, 4.69) is 20.6 Å². The van der Waals surface area contributed by atoms with Gasteiger partial charge < -0.3 is 20.5 Å².